The molecule has 0 saturated carbocycles. The molecular formula is C14H16N2. The molecule has 0 saturated heterocycles. The summed E-state index contributed by atoms with van der Waals surface area (Å²) in [6, 6.07) is 16.6. The Morgan fingerprint density at radius 2 is 1.12 bits per heavy atom. The molecule has 2 aromatic carbocycles. The van der Waals surface area contributed by atoms with Gasteiger partial charge in [0.2, 0.25) is 0 Å². The number of hydrogen-bond acceptors (Lipinski definition) is 2. The molecule has 0 heterocycles. The maximum Gasteiger partial charge on any atom is 0.0178 e. The van der Waals surface area contributed by atoms with Crippen molar-refractivity contribution in [3.63, 3.8) is 0 Å². The first-order chi connectivity index (χ1) is 7.83. The highest BCUT2D eigenvalue weighted by molar-refractivity contribution is 5.64. The van der Waals surface area contributed by atoms with Gasteiger partial charge in [-0.05, 0) is 34.4 Å². The van der Waals surface area contributed by atoms with E-state index in [1.54, 1.807) is 0 Å². The summed E-state index contributed by atoms with van der Waals surface area (Å²) in [4.78, 5) is 0. The van der Waals surface area contributed by atoms with Crippen LogP contribution in [0.4, 0.5) is 0 Å². The van der Waals surface area contributed by atoms with Crippen LogP contribution in [0.5, 0.6) is 0 Å². The fraction of sp³-hybridized carbons (Fsp3) is 0.143. The molecule has 2 nitrogen and oxygen atoms in total. The second-order valence-corrected chi connectivity index (χ2v) is 3.81. The fourth-order valence-corrected chi connectivity index (χ4v) is 1.76. The molecule has 0 atom stereocenters. The fourth-order valence-electron chi connectivity index (χ4n) is 1.76. The average Bonchev–Trinajstić information content (AvgIpc) is 2.39. The Kier molecular flexibility index (Phi) is 3.34. The van der Waals surface area contributed by atoms with Gasteiger partial charge in [0, 0.05) is 13.1 Å². The van der Waals surface area contributed by atoms with Gasteiger partial charge >= 0.3 is 0 Å². The van der Waals surface area contributed by atoms with Crippen molar-refractivity contribution in [3.8, 4) is 11.1 Å². The van der Waals surface area contributed by atoms with Gasteiger partial charge in [-0.15, -0.1) is 0 Å². The third-order valence-electron chi connectivity index (χ3n) is 2.66. The Hall–Kier alpha value is -1.64. The van der Waals surface area contributed by atoms with Gasteiger partial charge in [-0.25, -0.2) is 0 Å². The molecule has 16 heavy (non-hydrogen) atoms. The summed E-state index contributed by atoms with van der Waals surface area (Å²) in [5.74, 6) is 0. The third kappa shape index (κ3) is 2.30. The summed E-state index contributed by atoms with van der Waals surface area (Å²) in [5.41, 5.74) is 15.9. The lowest BCUT2D eigenvalue weighted by Crippen LogP contribution is -1.97. The summed E-state index contributed by atoms with van der Waals surface area (Å²) in [6.45, 7) is 1.15. The molecular weight excluding hydrogens is 196 g/mol. The topological polar surface area (TPSA) is 52.0 Å². The number of hydrogen-bond donors (Lipinski definition) is 2. The van der Waals surface area contributed by atoms with Crippen LogP contribution < -0.4 is 11.5 Å². The largest absolute Gasteiger partial charge is 0.326 e. The number of rotatable bonds is 3. The van der Waals surface area contributed by atoms with Crippen LogP contribution in [0.2, 0.25) is 0 Å². The van der Waals surface area contributed by atoms with Crippen LogP contribution in [0.1, 0.15) is 11.1 Å². The van der Waals surface area contributed by atoms with E-state index in [2.05, 4.69) is 24.3 Å². The summed E-state index contributed by atoms with van der Waals surface area (Å²) in [5, 5.41) is 0. The zero-order chi connectivity index (χ0) is 11.4. The lowest BCUT2D eigenvalue weighted by Gasteiger charge is -2.05. The second kappa shape index (κ2) is 4.92. The molecule has 0 aliphatic rings. The maximum absolute atomic E-state index is 5.63. The van der Waals surface area contributed by atoms with E-state index in [1.807, 2.05) is 24.3 Å². The van der Waals surface area contributed by atoms with Crippen molar-refractivity contribution in [1.29, 1.82) is 0 Å². The first kappa shape index (κ1) is 10.9. The van der Waals surface area contributed by atoms with E-state index in [0.717, 1.165) is 11.1 Å². The highest BCUT2D eigenvalue weighted by Crippen LogP contribution is 2.21. The maximum atomic E-state index is 5.63. The van der Waals surface area contributed by atoms with Crippen molar-refractivity contribution in [2.24, 2.45) is 11.5 Å². The Bertz CT molecular complexity index is 432. The van der Waals surface area contributed by atoms with E-state index in [0.29, 0.717) is 13.1 Å². The van der Waals surface area contributed by atoms with Crippen LogP contribution in [-0.2, 0) is 13.1 Å². The summed E-state index contributed by atoms with van der Waals surface area (Å²) in [6.07, 6.45) is 0. The van der Waals surface area contributed by atoms with Crippen molar-refractivity contribution < 1.29 is 0 Å². The van der Waals surface area contributed by atoms with Crippen LogP contribution in [0.25, 0.3) is 11.1 Å². The van der Waals surface area contributed by atoms with Crippen LogP contribution in [0.15, 0.2) is 48.5 Å². The van der Waals surface area contributed by atoms with E-state index in [-0.39, 0.29) is 0 Å². The van der Waals surface area contributed by atoms with Gasteiger partial charge in [0.15, 0.2) is 0 Å². The molecule has 0 spiro atoms. The first-order valence-corrected chi connectivity index (χ1v) is 5.42. The van der Waals surface area contributed by atoms with Crippen molar-refractivity contribution in [2.45, 2.75) is 13.1 Å². The SMILES string of the molecule is NCc1cccc(-c2cccc(CN)c2)c1. The van der Waals surface area contributed by atoms with Crippen molar-refractivity contribution in [1.82, 2.24) is 0 Å². The Morgan fingerprint density at radius 1 is 0.688 bits per heavy atom. The monoisotopic (exact) mass is 212 g/mol. The molecule has 2 aromatic rings. The molecule has 82 valence electrons. The molecule has 4 N–H and O–H groups in total. The highest BCUT2D eigenvalue weighted by Gasteiger charge is 1.99. The highest BCUT2D eigenvalue weighted by atomic mass is 14.5. The van der Waals surface area contributed by atoms with Gasteiger partial charge < -0.3 is 11.5 Å². The van der Waals surface area contributed by atoms with Gasteiger partial charge in [-0.3, -0.25) is 0 Å². The normalized spacial score (nSPS) is 10.4. The lowest BCUT2D eigenvalue weighted by molar-refractivity contribution is 1.07. The van der Waals surface area contributed by atoms with Crippen molar-refractivity contribution >= 4 is 0 Å². The van der Waals surface area contributed by atoms with Gasteiger partial charge in [-0.2, -0.15) is 0 Å². The summed E-state index contributed by atoms with van der Waals surface area (Å²) in [7, 11) is 0. The predicted molar refractivity (Wildman–Crippen MR) is 67.7 cm³/mol. The van der Waals surface area contributed by atoms with Crippen LogP contribution in [0, 0.1) is 0 Å². The van der Waals surface area contributed by atoms with E-state index < -0.39 is 0 Å². The Labute approximate surface area is 95.9 Å². The van der Waals surface area contributed by atoms with Gasteiger partial charge in [-0.1, -0.05) is 36.4 Å². The van der Waals surface area contributed by atoms with E-state index in [1.165, 1.54) is 11.1 Å². The number of nitrogens with two attached hydrogens (primary N) is 2. The smallest absolute Gasteiger partial charge is 0.0178 e. The Balaban J connectivity index is 2.41. The zero-order valence-electron chi connectivity index (χ0n) is 9.19. The van der Waals surface area contributed by atoms with Crippen LogP contribution in [0.3, 0.4) is 0 Å². The quantitative estimate of drug-likeness (QED) is 0.820. The molecule has 2 heteroatoms. The summed E-state index contributed by atoms with van der Waals surface area (Å²) >= 11 is 0. The Morgan fingerprint density at radius 3 is 1.50 bits per heavy atom. The van der Waals surface area contributed by atoms with Gasteiger partial charge in [0.05, 0.1) is 0 Å². The lowest BCUT2D eigenvalue weighted by atomic mass is 10.0. The van der Waals surface area contributed by atoms with Gasteiger partial charge in [0.1, 0.15) is 0 Å². The number of benzene rings is 2. The van der Waals surface area contributed by atoms with Gasteiger partial charge in [0.25, 0.3) is 0 Å². The molecule has 0 unspecified atom stereocenters. The first-order valence-electron chi connectivity index (χ1n) is 5.42. The minimum absolute atomic E-state index is 0.574. The molecule has 0 aromatic heterocycles. The minimum atomic E-state index is 0.574. The molecule has 2 rings (SSSR count). The summed E-state index contributed by atoms with van der Waals surface area (Å²) < 4.78 is 0. The average molecular weight is 212 g/mol. The van der Waals surface area contributed by atoms with Crippen LogP contribution in [-0.4, -0.2) is 0 Å². The standard InChI is InChI=1S/C14H16N2/c15-9-11-3-1-5-13(7-11)14-6-2-4-12(8-14)10-16/h1-8H,9-10,15-16H2. The molecule has 0 aliphatic heterocycles. The van der Waals surface area contributed by atoms with E-state index in [4.69, 9.17) is 11.5 Å². The van der Waals surface area contributed by atoms with Crippen molar-refractivity contribution in [2.75, 3.05) is 0 Å². The van der Waals surface area contributed by atoms with Crippen LogP contribution >= 0.6 is 0 Å². The minimum Gasteiger partial charge on any atom is -0.326 e. The third-order valence-corrected chi connectivity index (χ3v) is 2.66. The zero-order valence-corrected chi connectivity index (χ0v) is 9.19. The van der Waals surface area contributed by atoms with Crippen molar-refractivity contribution in [3.05, 3.63) is 59.7 Å². The van der Waals surface area contributed by atoms with E-state index >= 15 is 0 Å². The molecule has 0 amide bonds. The predicted octanol–water partition coefficient (Wildman–Crippen LogP) is 2.27. The molecule has 0 aliphatic carbocycles. The molecule has 0 bridgehead atoms. The second-order valence-electron chi connectivity index (χ2n) is 3.81. The molecule has 0 fully saturated rings. The molecule has 0 radical (unpaired) electrons. The van der Waals surface area contributed by atoms with E-state index in [9.17, 15) is 0 Å².